The van der Waals surface area contributed by atoms with Crippen LogP contribution in [-0.2, 0) is 9.59 Å². The summed E-state index contributed by atoms with van der Waals surface area (Å²) in [6, 6.07) is 0. The van der Waals surface area contributed by atoms with Crippen molar-refractivity contribution in [3.63, 3.8) is 0 Å². The number of carboxylic acids is 1. The van der Waals surface area contributed by atoms with E-state index in [4.69, 9.17) is 5.11 Å². The van der Waals surface area contributed by atoms with Crippen molar-refractivity contribution in [3.05, 3.63) is 0 Å². The van der Waals surface area contributed by atoms with Gasteiger partial charge in [-0.25, -0.2) is 0 Å². The smallest absolute Gasteiger partial charge is 0.323 e. The zero-order valence-corrected chi connectivity index (χ0v) is 12.4. The van der Waals surface area contributed by atoms with Crippen LogP contribution in [0.4, 0.5) is 0 Å². The van der Waals surface area contributed by atoms with E-state index in [-0.39, 0.29) is 17.9 Å². The van der Waals surface area contributed by atoms with Crippen LogP contribution in [0.2, 0.25) is 0 Å². The van der Waals surface area contributed by atoms with E-state index in [1.807, 2.05) is 0 Å². The highest BCUT2D eigenvalue weighted by molar-refractivity contribution is 5.86. The first-order valence-electron chi connectivity index (χ1n) is 7.79. The Balaban J connectivity index is 2.10. The molecule has 5 heteroatoms. The van der Waals surface area contributed by atoms with Crippen LogP contribution < -0.4 is 5.32 Å². The molecule has 1 heterocycles. The van der Waals surface area contributed by atoms with Gasteiger partial charge in [0.15, 0.2) is 0 Å². The van der Waals surface area contributed by atoms with Gasteiger partial charge in [-0.2, -0.15) is 0 Å². The number of nitrogens with zero attached hydrogens (tertiary/aromatic N) is 1. The highest BCUT2D eigenvalue weighted by atomic mass is 16.4. The Morgan fingerprint density at radius 3 is 2.45 bits per heavy atom. The average Bonchev–Trinajstić information content (AvgIpc) is 3.22. The van der Waals surface area contributed by atoms with Crippen LogP contribution in [0.25, 0.3) is 0 Å². The van der Waals surface area contributed by atoms with Gasteiger partial charge >= 0.3 is 5.97 Å². The van der Waals surface area contributed by atoms with Crippen LogP contribution in [0.15, 0.2) is 0 Å². The van der Waals surface area contributed by atoms with E-state index >= 15 is 0 Å². The fourth-order valence-corrected chi connectivity index (χ4v) is 3.28. The monoisotopic (exact) mass is 282 g/mol. The number of hydrogen-bond donors (Lipinski definition) is 2. The molecule has 2 rings (SSSR count). The van der Waals surface area contributed by atoms with E-state index in [1.54, 1.807) is 4.90 Å². The quantitative estimate of drug-likeness (QED) is 0.742. The average molecular weight is 282 g/mol. The summed E-state index contributed by atoms with van der Waals surface area (Å²) in [4.78, 5) is 25.6. The molecule has 5 nitrogen and oxygen atoms in total. The Labute approximate surface area is 120 Å². The van der Waals surface area contributed by atoms with Gasteiger partial charge < -0.3 is 15.3 Å². The predicted molar refractivity (Wildman–Crippen MR) is 76.4 cm³/mol. The van der Waals surface area contributed by atoms with Crippen molar-refractivity contribution < 1.29 is 14.7 Å². The van der Waals surface area contributed by atoms with Gasteiger partial charge in [0.2, 0.25) is 5.91 Å². The Kier molecular flexibility index (Phi) is 5.02. The molecule has 0 aromatic heterocycles. The summed E-state index contributed by atoms with van der Waals surface area (Å²) in [6.45, 7) is 4.30. The maximum Gasteiger partial charge on any atom is 0.323 e. The number of aliphatic carboxylic acids is 1. The number of hydrogen-bond acceptors (Lipinski definition) is 3. The summed E-state index contributed by atoms with van der Waals surface area (Å²) >= 11 is 0. The summed E-state index contributed by atoms with van der Waals surface area (Å²) in [5.41, 5.74) is -0.329. The number of amides is 1. The molecule has 2 N–H and O–H groups in total. The van der Waals surface area contributed by atoms with Gasteiger partial charge in [0.25, 0.3) is 0 Å². The Hall–Kier alpha value is -1.10. The molecule has 2 aliphatic rings. The second kappa shape index (κ2) is 6.57. The topological polar surface area (TPSA) is 69.6 Å². The number of carbonyl (C=O) groups is 2. The lowest BCUT2D eigenvalue weighted by atomic mass is 9.74. The number of carbonyl (C=O) groups excluding carboxylic acids is 1. The molecule has 20 heavy (non-hydrogen) atoms. The molecular formula is C15H26N2O3. The molecule has 0 unspecified atom stereocenters. The Morgan fingerprint density at radius 2 is 1.95 bits per heavy atom. The Morgan fingerprint density at radius 1 is 1.30 bits per heavy atom. The van der Waals surface area contributed by atoms with Crippen LogP contribution in [0.5, 0.6) is 0 Å². The van der Waals surface area contributed by atoms with Crippen molar-refractivity contribution in [2.24, 2.45) is 11.3 Å². The first-order chi connectivity index (χ1) is 9.57. The summed E-state index contributed by atoms with van der Waals surface area (Å²) in [5.74, 6) is -0.298. The van der Waals surface area contributed by atoms with E-state index < -0.39 is 5.97 Å². The van der Waals surface area contributed by atoms with Crippen molar-refractivity contribution in [1.82, 2.24) is 10.2 Å². The number of rotatable bonds is 7. The molecule has 0 aromatic carbocycles. The zero-order valence-electron chi connectivity index (χ0n) is 12.4. The van der Waals surface area contributed by atoms with Crippen molar-refractivity contribution in [1.29, 1.82) is 0 Å². The highest BCUT2D eigenvalue weighted by Gasteiger charge is 2.42. The largest absolute Gasteiger partial charge is 0.480 e. The van der Waals surface area contributed by atoms with Crippen molar-refractivity contribution in [3.8, 4) is 0 Å². The third kappa shape index (κ3) is 3.72. The molecule has 1 amide bonds. The van der Waals surface area contributed by atoms with E-state index in [2.05, 4.69) is 12.2 Å². The minimum Gasteiger partial charge on any atom is -0.480 e. The summed E-state index contributed by atoms with van der Waals surface area (Å²) < 4.78 is 0. The summed E-state index contributed by atoms with van der Waals surface area (Å²) in [7, 11) is 0. The summed E-state index contributed by atoms with van der Waals surface area (Å²) in [5, 5.41) is 12.4. The maximum atomic E-state index is 12.9. The van der Waals surface area contributed by atoms with Gasteiger partial charge in [0, 0.05) is 6.54 Å². The SMILES string of the molecule is CCCC1(C(=O)N(CC(=O)O)CC2CC2)CCNCC1. The van der Waals surface area contributed by atoms with E-state index in [1.165, 1.54) is 0 Å². The minimum absolute atomic E-state index is 0.0788. The molecule has 0 spiro atoms. The van der Waals surface area contributed by atoms with Crippen molar-refractivity contribution >= 4 is 11.9 Å². The molecule has 1 saturated heterocycles. The highest BCUT2D eigenvalue weighted by Crippen LogP contribution is 2.38. The minimum atomic E-state index is -0.903. The lowest BCUT2D eigenvalue weighted by molar-refractivity contribution is -0.151. The lowest BCUT2D eigenvalue weighted by Crippen LogP contribution is -2.51. The molecule has 0 aromatic rings. The molecule has 114 valence electrons. The molecule has 1 aliphatic heterocycles. The molecule has 2 fully saturated rings. The van der Waals surface area contributed by atoms with Crippen LogP contribution in [0.1, 0.15) is 45.4 Å². The first-order valence-corrected chi connectivity index (χ1v) is 7.79. The van der Waals surface area contributed by atoms with Gasteiger partial charge in [-0.15, -0.1) is 0 Å². The van der Waals surface area contributed by atoms with Gasteiger partial charge in [-0.1, -0.05) is 13.3 Å². The molecule has 1 aliphatic carbocycles. The van der Waals surface area contributed by atoms with Gasteiger partial charge in [0.1, 0.15) is 6.54 Å². The molecular weight excluding hydrogens is 256 g/mol. The van der Waals surface area contributed by atoms with E-state index in [0.717, 1.165) is 51.6 Å². The number of carboxylic acid groups (broad SMARTS) is 1. The molecule has 1 saturated carbocycles. The predicted octanol–water partition coefficient (Wildman–Crippen LogP) is 1.48. The van der Waals surface area contributed by atoms with E-state index in [0.29, 0.717) is 12.5 Å². The third-order valence-electron chi connectivity index (χ3n) is 4.53. The fraction of sp³-hybridized carbons (Fsp3) is 0.867. The standard InChI is InChI=1S/C15H26N2O3/c1-2-5-15(6-8-16-9-7-15)14(20)17(11-13(18)19)10-12-3-4-12/h12,16H,2-11H2,1H3,(H,18,19). The first kappa shape index (κ1) is 15.3. The summed E-state index contributed by atoms with van der Waals surface area (Å²) in [6.07, 6.45) is 5.77. The van der Waals surface area contributed by atoms with Gasteiger partial charge in [-0.3, -0.25) is 9.59 Å². The van der Waals surface area contributed by atoms with Gasteiger partial charge in [-0.05, 0) is 51.1 Å². The fourth-order valence-electron chi connectivity index (χ4n) is 3.28. The molecule has 0 atom stereocenters. The molecule has 0 bridgehead atoms. The molecule has 0 radical (unpaired) electrons. The second-order valence-corrected chi connectivity index (χ2v) is 6.30. The van der Waals surface area contributed by atoms with Crippen LogP contribution in [0.3, 0.4) is 0 Å². The van der Waals surface area contributed by atoms with Crippen LogP contribution >= 0.6 is 0 Å². The lowest BCUT2D eigenvalue weighted by Gasteiger charge is -2.39. The van der Waals surface area contributed by atoms with Crippen molar-refractivity contribution in [2.75, 3.05) is 26.2 Å². The number of nitrogens with one attached hydrogen (secondary N) is 1. The Bertz CT molecular complexity index is 355. The van der Waals surface area contributed by atoms with Crippen molar-refractivity contribution in [2.45, 2.75) is 45.4 Å². The number of piperidine rings is 1. The maximum absolute atomic E-state index is 12.9. The van der Waals surface area contributed by atoms with Gasteiger partial charge in [0.05, 0.1) is 5.41 Å². The normalized spacial score (nSPS) is 21.4. The van der Waals surface area contributed by atoms with Crippen LogP contribution in [-0.4, -0.2) is 48.1 Å². The van der Waals surface area contributed by atoms with E-state index in [9.17, 15) is 9.59 Å². The second-order valence-electron chi connectivity index (χ2n) is 6.30. The third-order valence-corrected chi connectivity index (χ3v) is 4.53. The zero-order chi connectivity index (χ0) is 14.6. The van der Waals surface area contributed by atoms with Crippen LogP contribution in [0, 0.1) is 11.3 Å².